The zero-order valence-electron chi connectivity index (χ0n) is 3.45. The molecule has 0 unspecified atom stereocenters. The molecule has 0 atom stereocenters. The quantitative estimate of drug-likeness (QED) is 0.289. The Labute approximate surface area is 44.3 Å². The molecule has 32 valence electrons. The molecule has 0 aliphatic carbocycles. The van der Waals surface area contributed by atoms with Crippen LogP contribution in [0.4, 0.5) is 0 Å². The summed E-state index contributed by atoms with van der Waals surface area (Å²) in [6.45, 7) is 0. The molecule has 1 nitrogen and oxygen atoms in total. The van der Waals surface area contributed by atoms with Crippen LogP contribution in [0.15, 0.2) is 0 Å². The standard InChI is InChI=1S/N.3H4Si/h;3*1H4/q-3;;;/p+3. The van der Waals surface area contributed by atoms with E-state index >= 15 is 0 Å². The van der Waals surface area contributed by atoms with E-state index in [1.54, 1.807) is 0 Å². The van der Waals surface area contributed by atoms with Gasteiger partial charge in [0.05, 0.1) is 0 Å². The zero-order valence-corrected chi connectivity index (χ0v) is 0.447. The van der Waals surface area contributed by atoms with Crippen LogP contribution in [-0.4, -0.2) is 32.9 Å². The minimum Gasteiger partial charge on any atom is -3.00 e. The van der Waals surface area contributed by atoms with Crippen LogP contribution in [0.2, 0.25) is 0 Å². The molecule has 0 aliphatic heterocycles. The molecule has 0 rings (SSSR count). The van der Waals surface area contributed by atoms with Crippen molar-refractivity contribution in [1.29, 1.82) is 0 Å². The van der Waals surface area contributed by atoms with E-state index in [0.29, 0.717) is 0 Å². The lowest BCUT2D eigenvalue weighted by molar-refractivity contribution is 3.36. The van der Waals surface area contributed by atoms with Crippen molar-refractivity contribution >= 4 is 32.9 Å². The summed E-state index contributed by atoms with van der Waals surface area (Å²) in [7, 11) is 0. The van der Waals surface area contributed by atoms with Crippen molar-refractivity contribution in [2.45, 2.75) is 0 Å². The van der Waals surface area contributed by atoms with Crippen molar-refractivity contribution in [3.05, 3.63) is 6.15 Å². The van der Waals surface area contributed by atoms with Crippen LogP contribution in [0.1, 0.15) is 4.28 Å². The van der Waals surface area contributed by atoms with E-state index in [4.69, 9.17) is 0 Å². The molecule has 4 heavy (non-hydrogen) atoms. The lowest BCUT2D eigenvalue weighted by Crippen LogP contribution is -0.382. The molecule has 4 heteroatoms. The summed E-state index contributed by atoms with van der Waals surface area (Å²) in [6, 6.07) is 0. The van der Waals surface area contributed by atoms with Gasteiger partial charge in [-0.05, 0) is 32.9 Å². The molecule has 0 N–H and O–H groups in total. The van der Waals surface area contributed by atoms with Gasteiger partial charge < -0.3 is 6.15 Å². The van der Waals surface area contributed by atoms with Crippen LogP contribution in [0, 0.1) is 0 Å². The molecule has 0 saturated heterocycles. The molecular formula is H15NSi3. The van der Waals surface area contributed by atoms with Crippen molar-refractivity contribution in [3.63, 3.8) is 0 Å². The topological polar surface area (TPSA) is 30.5 Å². The second kappa shape index (κ2) is 66.0. The Morgan fingerprint density at radius 3 is 0.750 bits per heavy atom. The Balaban J connectivity index is 0. The maximum atomic E-state index is 0. The van der Waals surface area contributed by atoms with Crippen LogP contribution in [0.25, 0.3) is 6.15 Å². The van der Waals surface area contributed by atoms with Crippen molar-refractivity contribution in [2.24, 2.45) is 0 Å². The fourth-order valence-electron chi connectivity index (χ4n) is 0. The first kappa shape index (κ1) is 161. The fourth-order valence-corrected chi connectivity index (χ4v) is 0. The third-order valence-corrected chi connectivity index (χ3v) is 0. The molecule has 0 heterocycles. The SMILES string of the molecule is [H+].[H+].[H+].[N-3].[SiH4].[SiH4].[SiH4]. The smallest absolute Gasteiger partial charge is 1.00 e. The van der Waals surface area contributed by atoms with Gasteiger partial charge in [-0.25, -0.2) is 0 Å². The average molecular weight is 113 g/mol. The molecule has 0 spiro atoms. The molecule has 0 saturated carbocycles. The number of rotatable bonds is 0. The van der Waals surface area contributed by atoms with E-state index in [1.165, 1.54) is 0 Å². The highest BCUT2D eigenvalue weighted by Crippen LogP contribution is 0.289. The molecule has 0 fully saturated rings. The Kier molecular flexibility index (Phi) is 2660. The fraction of sp³-hybridized carbons (Fsp3) is 0. The highest BCUT2D eigenvalue weighted by atomic mass is 28.1. The summed E-state index contributed by atoms with van der Waals surface area (Å²) in [5, 5.41) is 0. The van der Waals surface area contributed by atoms with Gasteiger partial charge in [0.25, 0.3) is 0 Å². The Hall–Kier alpha value is 0.611. The van der Waals surface area contributed by atoms with Crippen LogP contribution in [0.5, 0.6) is 0 Å². The van der Waals surface area contributed by atoms with Gasteiger partial charge in [0.1, 0.15) is 0 Å². The monoisotopic (exact) mass is 113 g/mol. The minimum atomic E-state index is 0. The predicted molar refractivity (Wildman–Crippen MR) is 40.7 cm³/mol. The largest absolute Gasteiger partial charge is 3.00 e. The summed E-state index contributed by atoms with van der Waals surface area (Å²) in [6.07, 6.45) is 0. The van der Waals surface area contributed by atoms with Gasteiger partial charge in [-0.3, -0.25) is 0 Å². The first-order valence-electron chi connectivity index (χ1n) is 0. The summed E-state index contributed by atoms with van der Waals surface area (Å²) in [5.74, 6) is 0. The van der Waals surface area contributed by atoms with E-state index < -0.39 is 0 Å². The summed E-state index contributed by atoms with van der Waals surface area (Å²) < 4.78 is 0. The minimum absolute atomic E-state index is 0. The Bertz CT molecular complexity index is 10.1. The molecule has 0 aromatic heterocycles. The molecule has 0 radical (unpaired) electrons. The molecule has 0 aromatic carbocycles. The predicted octanol–water partition coefficient (Wildman–Crippen LogP) is -3.73. The first-order chi connectivity index (χ1) is 0. The molecule has 0 aromatic rings. The summed E-state index contributed by atoms with van der Waals surface area (Å²) >= 11 is 0. The van der Waals surface area contributed by atoms with Crippen LogP contribution in [-0.2, 0) is 0 Å². The van der Waals surface area contributed by atoms with Gasteiger partial charge in [-0.15, -0.1) is 0 Å². The average Bonchev–Trinajstić information content (AvgIpc) is 0. The van der Waals surface area contributed by atoms with Gasteiger partial charge in [0.2, 0.25) is 0 Å². The highest BCUT2D eigenvalue weighted by molar-refractivity contribution is 5.76. The van der Waals surface area contributed by atoms with Gasteiger partial charge >= 0.3 is 4.28 Å². The van der Waals surface area contributed by atoms with Crippen LogP contribution >= 0.6 is 0 Å². The maximum absolute atomic E-state index is 0. The van der Waals surface area contributed by atoms with E-state index in [-0.39, 0.29) is 43.3 Å². The number of hydrogen-bond acceptors (Lipinski definition) is 0. The maximum Gasteiger partial charge on any atom is 1.00 e. The van der Waals surface area contributed by atoms with Gasteiger partial charge in [-0.2, -0.15) is 0 Å². The van der Waals surface area contributed by atoms with Gasteiger partial charge in [-0.1, -0.05) is 0 Å². The second-order valence-corrected chi connectivity index (χ2v) is 0. The lowest BCUT2D eigenvalue weighted by Gasteiger charge is -3.00. The summed E-state index contributed by atoms with van der Waals surface area (Å²) in [4.78, 5) is 0. The van der Waals surface area contributed by atoms with Crippen molar-refractivity contribution < 1.29 is 4.28 Å². The van der Waals surface area contributed by atoms with E-state index in [1.807, 2.05) is 0 Å². The Morgan fingerprint density at radius 1 is 0.750 bits per heavy atom. The molecule has 0 bridgehead atoms. The number of hydrogen-bond donors (Lipinski definition) is 0. The van der Waals surface area contributed by atoms with Gasteiger partial charge in [0, 0.05) is 0 Å². The highest BCUT2D eigenvalue weighted by Gasteiger charge is -0.0129. The molecular weight excluding hydrogens is 98.3 g/mol. The van der Waals surface area contributed by atoms with Crippen molar-refractivity contribution in [1.82, 2.24) is 0 Å². The van der Waals surface area contributed by atoms with Crippen molar-refractivity contribution in [3.8, 4) is 0 Å². The van der Waals surface area contributed by atoms with Crippen LogP contribution in [0.3, 0.4) is 0 Å². The third-order valence-electron chi connectivity index (χ3n) is 0. The molecule has 0 amide bonds. The molecule has 0 aliphatic rings. The lowest BCUT2D eigenvalue weighted by atomic mass is 14.0. The third kappa shape index (κ3) is 18.2. The zero-order chi connectivity index (χ0) is 0. The van der Waals surface area contributed by atoms with Crippen molar-refractivity contribution in [2.75, 3.05) is 0 Å². The van der Waals surface area contributed by atoms with E-state index in [9.17, 15) is 0 Å². The second-order valence-electron chi connectivity index (χ2n) is 0. The van der Waals surface area contributed by atoms with E-state index in [2.05, 4.69) is 0 Å². The van der Waals surface area contributed by atoms with Gasteiger partial charge in [0.15, 0.2) is 0 Å². The normalized spacial score (nSPS) is 0. The van der Waals surface area contributed by atoms with Crippen LogP contribution < -0.4 is 0 Å². The summed E-state index contributed by atoms with van der Waals surface area (Å²) in [5.41, 5.74) is 0. The van der Waals surface area contributed by atoms with E-state index in [0.717, 1.165) is 0 Å². The Morgan fingerprint density at radius 2 is 0.750 bits per heavy atom. The number of nitrogens with zero attached hydrogens (tertiary/aromatic N) is 1. The first-order valence-corrected chi connectivity index (χ1v) is 0.